The molecular formula is C18H14BrClN2O. The number of pyridine rings is 1. The van der Waals surface area contributed by atoms with E-state index in [0.717, 1.165) is 26.6 Å². The summed E-state index contributed by atoms with van der Waals surface area (Å²) in [5.74, 6) is -0.117. The second-order valence-corrected chi connectivity index (χ2v) is 6.63. The highest BCUT2D eigenvalue weighted by Crippen LogP contribution is 2.23. The third kappa shape index (κ3) is 3.71. The Morgan fingerprint density at radius 3 is 2.65 bits per heavy atom. The van der Waals surface area contributed by atoms with Gasteiger partial charge in [0, 0.05) is 27.1 Å². The predicted octanol–water partition coefficient (Wildman–Crippen LogP) is 4.89. The van der Waals surface area contributed by atoms with Crippen LogP contribution in [0, 0.1) is 6.92 Å². The first-order valence-corrected chi connectivity index (χ1v) is 8.29. The third-order valence-electron chi connectivity index (χ3n) is 3.51. The minimum absolute atomic E-state index is 0.117. The molecule has 0 fully saturated rings. The van der Waals surface area contributed by atoms with Crippen molar-refractivity contribution in [3.63, 3.8) is 0 Å². The van der Waals surface area contributed by atoms with E-state index < -0.39 is 0 Å². The molecule has 0 unspecified atom stereocenters. The molecular weight excluding hydrogens is 376 g/mol. The highest BCUT2D eigenvalue weighted by atomic mass is 79.9. The number of hydrogen-bond acceptors (Lipinski definition) is 2. The quantitative estimate of drug-likeness (QED) is 0.693. The van der Waals surface area contributed by atoms with Crippen molar-refractivity contribution in [2.45, 2.75) is 13.5 Å². The summed E-state index contributed by atoms with van der Waals surface area (Å²) in [4.78, 5) is 17.1. The minimum atomic E-state index is -0.117. The van der Waals surface area contributed by atoms with Crippen molar-refractivity contribution in [1.29, 1.82) is 0 Å². The minimum Gasteiger partial charge on any atom is -0.348 e. The van der Waals surface area contributed by atoms with E-state index in [0.29, 0.717) is 17.1 Å². The number of hydrogen-bond donors (Lipinski definition) is 1. The first-order valence-electron chi connectivity index (χ1n) is 7.12. The first-order chi connectivity index (χ1) is 11.0. The van der Waals surface area contributed by atoms with Crippen LogP contribution in [0.5, 0.6) is 0 Å². The Hall–Kier alpha value is -1.91. The van der Waals surface area contributed by atoms with Gasteiger partial charge in [0.2, 0.25) is 0 Å². The zero-order valence-electron chi connectivity index (χ0n) is 12.4. The summed E-state index contributed by atoms with van der Waals surface area (Å²) in [6.07, 6.45) is 0. The van der Waals surface area contributed by atoms with E-state index >= 15 is 0 Å². The van der Waals surface area contributed by atoms with Gasteiger partial charge in [0.25, 0.3) is 5.91 Å². The van der Waals surface area contributed by atoms with Crippen molar-refractivity contribution >= 4 is 44.3 Å². The van der Waals surface area contributed by atoms with Crippen LogP contribution < -0.4 is 5.32 Å². The molecule has 3 rings (SSSR count). The number of carbonyl (C=O) groups is 1. The molecule has 0 spiro atoms. The van der Waals surface area contributed by atoms with Crippen molar-refractivity contribution < 1.29 is 4.79 Å². The van der Waals surface area contributed by atoms with Gasteiger partial charge in [-0.1, -0.05) is 39.7 Å². The van der Waals surface area contributed by atoms with E-state index in [1.54, 1.807) is 0 Å². The maximum Gasteiger partial charge on any atom is 0.252 e. The molecule has 2 aromatic carbocycles. The van der Waals surface area contributed by atoms with Gasteiger partial charge in [-0.15, -0.1) is 0 Å². The molecule has 3 nitrogen and oxygen atoms in total. The van der Waals surface area contributed by atoms with Crippen LogP contribution in [0.3, 0.4) is 0 Å². The maximum atomic E-state index is 12.6. The summed E-state index contributed by atoms with van der Waals surface area (Å²) >= 11 is 9.31. The van der Waals surface area contributed by atoms with E-state index in [9.17, 15) is 4.79 Å². The first kappa shape index (κ1) is 16.0. The topological polar surface area (TPSA) is 42.0 Å². The molecule has 0 bridgehead atoms. The van der Waals surface area contributed by atoms with Crippen LogP contribution in [-0.2, 0) is 6.54 Å². The second-order valence-electron chi connectivity index (χ2n) is 5.28. The molecule has 3 aromatic rings. The van der Waals surface area contributed by atoms with E-state index in [1.165, 1.54) is 0 Å². The molecule has 0 aliphatic heterocycles. The van der Waals surface area contributed by atoms with Gasteiger partial charge in [0.1, 0.15) is 0 Å². The fraction of sp³-hybridized carbons (Fsp3) is 0.111. The molecule has 5 heteroatoms. The summed E-state index contributed by atoms with van der Waals surface area (Å²) in [6, 6.07) is 15.0. The SMILES string of the molecule is Cc1cc(C(=O)NCc2ccc(Cl)cc2)c2cc(Br)ccc2n1. The zero-order valence-corrected chi connectivity index (χ0v) is 14.8. The Kier molecular flexibility index (Phi) is 4.64. The van der Waals surface area contributed by atoms with Crippen LogP contribution in [0.4, 0.5) is 0 Å². The lowest BCUT2D eigenvalue weighted by Gasteiger charge is -2.10. The number of rotatable bonds is 3. The van der Waals surface area contributed by atoms with Gasteiger partial charge in [-0.2, -0.15) is 0 Å². The van der Waals surface area contributed by atoms with Crippen molar-refractivity contribution in [1.82, 2.24) is 10.3 Å². The zero-order chi connectivity index (χ0) is 16.4. The fourth-order valence-corrected chi connectivity index (χ4v) is 2.89. The Morgan fingerprint density at radius 2 is 1.91 bits per heavy atom. The van der Waals surface area contributed by atoms with Gasteiger partial charge in [0.05, 0.1) is 11.1 Å². The molecule has 1 amide bonds. The molecule has 1 heterocycles. The maximum absolute atomic E-state index is 12.6. The lowest BCUT2D eigenvalue weighted by atomic mass is 10.1. The summed E-state index contributed by atoms with van der Waals surface area (Å²) in [5.41, 5.74) is 3.25. The van der Waals surface area contributed by atoms with Crippen LogP contribution >= 0.6 is 27.5 Å². The summed E-state index contributed by atoms with van der Waals surface area (Å²) in [5, 5.41) is 4.46. The van der Waals surface area contributed by atoms with Crippen LogP contribution in [0.2, 0.25) is 5.02 Å². The Balaban J connectivity index is 1.88. The molecule has 1 aromatic heterocycles. The Labute approximate surface area is 147 Å². The van der Waals surface area contributed by atoms with Gasteiger partial charge in [-0.05, 0) is 48.9 Å². The predicted molar refractivity (Wildman–Crippen MR) is 96.8 cm³/mol. The molecule has 23 heavy (non-hydrogen) atoms. The Morgan fingerprint density at radius 1 is 1.17 bits per heavy atom. The molecule has 0 aliphatic rings. The summed E-state index contributed by atoms with van der Waals surface area (Å²) in [7, 11) is 0. The number of nitrogens with one attached hydrogen (secondary N) is 1. The number of aromatic nitrogens is 1. The van der Waals surface area contributed by atoms with E-state index in [4.69, 9.17) is 11.6 Å². The summed E-state index contributed by atoms with van der Waals surface area (Å²) < 4.78 is 0.919. The van der Waals surface area contributed by atoms with Gasteiger partial charge < -0.3 is 5.32 Å². The highest BCUT2D eigenvalue weighted by molar-refractivity contribution is 9.10. The third-order valence-corrected chi connectivity index (χ3v) is 4.25. The number of benzene rings is 2. The number of carbonyl (C=O) groups excluding carboxylic acids is 1. The van der Waals surface area contributed by atoms with Gasteiger partial charge >= 0.3 is 0 Å². The smallest absolute Gasteiger partial charge is 0.252 e. The fourth-order valence-electron chi connectivity index (χ4n) is 2.40. The van der Waals surface area contributed by atoms with Crippen LogP contribution in [0.1, 0.15) is 21.6 Å². The number of nitrogens with zero attached hydrogens (tertiary/aromatic N) is 1. The number of amides is 1. The number of aryl methyl sites for hydroxylation is 1. The molecule has 0 radical (unpaired) electrons. The van der Waals surface area contributed by atoms with Crippen LogP contribution in [0.15, 0.2) is 53.0 Å². The Bertz CT molecular complexity index is 878. The largest absolute Gasteiger partial charge is 0.348 e. The van der Waals surface area contributed by atoms with Crippen LogP contribution in [-0.4, -0.2) is 10.9 Å². The van der Waals surface area contributed by atoms with E-state index in [-0.39, 0.29) is 5.91 Å². The highest BCUT2D eigenvalue weighted by Gasteiger charge is 2.12. The lowest BCUT2D eigenvalue weighted by Crippen LogP contribution is -2.23. The van der Waals surface area contributed by atoms with E-state index in [2.05, 4.69) is 26.2 Å². The number of halogens is 2. The van der Waals surface area contributed by atoms with Gasteiger partial charge in [-0.3, -0.25) is 9.78 Å². The van der Waals surface area contributed by atoms with Gasteiger partial charge in [0.15, 0.2) is 0 Å². The normalized spacial score (nSPS) is 10.7. The van der Waals surface area contributed by atoms with Crippen LogP contribution in [0.25, 0.3) is 10.9 Å². The van der Waals surface area contributed by atoms with Crippen molar-refractivity contribution in [2.75, 3.05) is 0 Å². The van der Waals surface area contributed by atoms with Crippen molar-refractivity contribution in [2.24, 2.45) is 0 Å². The molecule has 0 atom stereocenters. The van der Waals surface area contributed by atoms with E-state index in [1.807, 2.05) is 55.5 Å². The monoisotopic (exact) mass is 388 g/mol. The van der Waals surface area contributed by atoms with Gasteiger partial charge in [-0.25, -0.2) is 0 Å². The average molecular weight is 390 g/mol. The standard InChI is InChI=1S/C18H14BrClN2O/c1-11-8-16(15-9-13(19)4-7-17(15)22-11)18(23)21-10-12-2-5-14(20)6-3-12/h2-9H,10H2,1H3,(H,21,23). The molecule has 1 N–H and O–H groups in total. The molecule has 0 saturated heterocycles. The average Bonchev–Trinajstić information content (AvgIpc) is 2.53. The second kappa shape index (κ2) is 6.69. The molecule has 0 aliphatic carbocycles. The lowest BCUT2D eigenvalue weighted by molar-refractivity contribution is 0.0952. The van der Waals surface area contributed by atoms with Crippen molar-refractivity contribution in [3.05, 3.63) is 74.8 Å². The number of fused-ring (bicyclic) bond motifs is 1. The van der Waals surface area contributed by atoms with Crippen molar-refractivity contribution in [3.8, 4) is 0 Å². The summed E-state index contributed by atoms with van der Waals surface area (Å²) in [6.45, 7) is 2.34. The molecule has 116 valence electrons. The molecule has 0 saturated carbocycles.